The number of nitrogens with zero attached hydrogens (tertiary/aromatic N) is 7. The van der Waals surface area contributed by atoms with Crippen molar-refractivity contribution < 1.29 is 0 Å². The van der Waals surface area contributed by atoms with Gasteiger partial charge in [-0.3, -0.25) is 0 Å². The molecule has 7 nitrogen and oxygen atoms in total. The van der Waals surface area contributed by atoms with Gasteiger partial charge >= 0.3 is 0 Å². The summed E-state index contributed by atoms with van der Waals surface area (Å²) >= 11 is 0. The molecule has 1 fully saturated rings. The van der Waals surface area contributed by atoms with Crippen LogP contribution in [0.1, 0.15) is 24.1 Å². The van der Waals surface area contributed by atoms with Crippen LogP contribution < -0.4 is 14.7 Å². The molecule has 0 spiro atoms. The summed E-state index contributed by atoms with van der Waals surface area (Å²) < 4.78 is 0. The molecule has 0 radical (unpaired) electrons. The summed E-state index contributed by atoms with van der Waals surface area (Å²) in [4.78, 5) is 19.8. The van der Waals surface area contributed by atoms with Crippen molar-refractivity contribution in [1.82, 2.24) is 15.0 Å². The highest BCUT2D eigenvalue weighted by molar-refractivity contribution is 5.56. The molecule has 1 aliphatic heterocycles. The predicted octanol–water partition coefficient (Wildman–Crippen LogP) is 2.22. The maximum Gasteiger partial charge on any atom is 0.146 e. The molecule has 0 aromatic carbocycles. The van der Waals surface area contributed by atoms with Gasteiger partial charge in [-0.05, 0) is 31.9 Å². The standard InChI is InChI=1S/C19H25N7/c1-14-7-8-15(11-20)19(23-14)26-9-5-6-16(12-26)25(4)18-10-17(24(2)3)21-13-22-18/h7-8,10,13,16H,5-6,9,12H2,1-4H3. The average Bonchev–Trinajstić information content (AvgIpc) is 2.67. The highest BCUT2D eigenvalue weighted by Gasteiger charge is 2.26. The third kappa shape index (κ3) is 3.69. The number of pyridine rings is 1. The van der Waals surface area contributed by atoms with E-state index in [1.165, 1.54) is 0 Å². The van der Waals surface area contributed by atoms with Gasteiger partial charge in [0.1, 0.15) is 29.9 Å². The zero-order valence-electron chi connectivity index (χ0n) is 15.8. The second-order valence-electron chi connectivity index (χ2n) is 6.92. The lowest BCUT2D eigenvalue weighted by molar-refractivity contribution is 0.483. The van der Waals surface area contributed by atoms with E-state index in [1.54, 1.807) is 6.33 Å². The molecule has 3 heterocycles. The van der Waals surface area contributed by atoms with E-state index in [-0.39, 0.29) is 0 Å². The number of hydrogen-bond donors (Lipinski definition) is 0. The first-order valence-corrected chi connectivity index (χ1v) is 8.84. The van der Waals surface area contributed by atoms with Crippen molar-refractivity contribution in [2.45, 2.75) is 25.8 Å². The van der Waals surface area contributed by atoms with Gasteiger partial charge in [0.25, 0.3) is 0 Å². The molecule has 2 aromatic heterocycles. The molecule has 0 N–H and O–H groups in total. The zero-order valence-corrected chi connectivity index (χ0v) is 15.8. The maximum atomic E-state index is 9.43. The SMILES string of the molecule is Cc1ccc(C#N)c(N2CCCC(N(C)c3cc(N(C)C)ncn3)C2)n1. The second-order valence-corrected chi connectivity index (χ2v) is 6.92. The molecule has 7 heteroatoms. The summed E-state index contributed by atoms with van der Waals surface area (Å²) in [5.74, 6) is 2.59. The summed E-state index contributed by atoms with van der Waals surface area (Å²) in [6, 6.07) is 8.33. The Labute approximate surface area is 154 Å². The lowest BCUT2D eigenvalue weighted by Crippen LogP contribution is -2.47. The Morgan fingerprint density at radius 3 is 2.69 bits per heavy atom. The fourth-order valence-corrected chi connectivity index (χ4v) is 3.30. The van der Waals surface area contributed by atoms with Crippen LogP contribution in [0.4, 0.5) is 17.5 Å². The number of hydrogen-bond acceptors (Lipinski definition) is 7. The molecule has 1 aliphatic rings. The minimum Gasteiger partial charge on any atom is -0.363 e. The third-order valence-corrected chi connectivity index (χ3v) is 4.84. The van der Waals surface area contributed by atoms with Crippen molar-refractivity contribution in [1.29, 1.82) is 5.26 Å². The van der Waals surface area contributed by atoms with Crippen molar-refractivity contribution in [3.63, 3.8) is 0 Å². The summed E-state index contributed by atoms with van der Waals surface area (Å²) in [6.45, 7) is 3.70. The van der Waals surface area contributed by atoms with Crippen molar-refractivity contribution in [2.75, 3.05) is 48.9 Å². The van der Waals surface area contributed by atoms with Gasteiger partial charge in [-0.2, -0.15) is 5.26 Å². The highest BCUT2D eigenvalue weighted by atomic mass is 15.3. The summed E-state index contributed by atoms with van der Waals surface area (Å²) in [5.41, 5.74) is 1.57. The Morgan fingerprint density at radius 1 is 1.19 bits per heavy atom. The summed E-state index contributed by atoms with van der Waals surface area (Å²) in [5, 5.41) is 9.43. The van der Waals surface area contributed by atoms with Crippen molar-refractivity contribution >= 4 is 17.5 Å². The smallest absolute Gasteiger partial charge is 0.146 e. The van der Waals surface area contributed by atoms with Crippen LogP contribution >= 0.6 is 0 Å². The minimum atomic E-state index is 0.308. The van der Waals surface area contributed by atoms with Gasteiger partial charge < -0.3 is 14.7 Å². The van der Waals surface area contributed by atoms with Crippen LogP contribution in [0.15, 0.2) is 24.5 Å². The van der Waals surface area contributed by atoms with Crippen LogP contribution in [0.25, 0.3) is 0 Å². The predicted molar refractivity (Wildman–Crippen MR) is 104 cm³/mol. The average molecular weight is 351 g/mol. The van der Waals surface area contributed by atoms with E-state index in [4.69, 9.17) is 0 Å². The quantitative estimate of drug-likeness (QED) is 0.836. The first kappa shape index (κ1) is 17.9. The van der Waals surface area contributed by atoms with E-state index in [1.807, 2.05) is 44.1 Å². The molecule has 0 saturated carbocycles. The number of aryl methyl sites for hydroxylation is 1. The number of likely N-dealkylation sites (N-methyl/N-ethyl adjacent to an activating group) is 1. The van der Waals surface area contributed by atoms with E-state index < -0.39 is 0 Å². The number of anilines is 3. The van der Waals surface area contributed by atoms with Gasteiger partial charge in [-0.25, -0.2) is 15.0 Å². The van der Waals surface area contributed by atoms with E-state index in [2.05, 4.69) is 37.9 Å². The minimum absolute atomic E-state index is 0.308. The van der Waals surface area contributed by atoms with Crippen LogP contribution in [0.5, 0.6) is 0 Å². The number of piperidine rings is 1. The Balaban J connectivity index is 1.82. The Hall–Kier alpha value is -2.88. The first-order valence-electron chi connectivity index (χ1n) is 8.84. The number of rotatable bonds is 4. The molecule has 1 unspecified atom stereocenters. The van der Waals surface area contributed by atoms with Gasteiger partial charge in [0.2, 0.25) is 0 Å². The molecule has 26 heavy (non-hydrogen) atoms. The van der Waals surface area contributed by atoms with Crippen LogP contribution in [0, 0.1) is 18.3 Å². The molecule has 0 aliphatic carbocycles. The van der Waals surface area contributed by atoms with Gasteiger partial charge in [0.15, 0.2) is 0 Å². The van der Waals surface area contributed by atoms with Crippen LogP contribution in [0.3, 0.4) is 0 Å². The molecule has 136 valence electrons. The van der Waals surface area contributed by atoms with E-state index >= 15 is 0 Å². The lowest BCUT2D eigenvalue weighted by Gasteiger charge is -2.39. The molecular weight excluding hydrogens is 326 g/mol. The van der Waals surface area contributed by atoms with Crippen molar-refractivity contribution in [3.8, 4) is 6.07 Å². The summed E-state index contributed by atoms with van der Waals surface area (Å²) in [6.07, 6.45) is 3.75. The summed E-state index contributed by atoms with van der Waals surface area (Å²) in [7, 11) is 6.02. The van der Waals surface area contributed by atoms with E-state index in [0.29, 0.717) is 11.6 Å². The zero-order chi connectivity index (χ0) is 18.7. The van der Waals surface area contributed by atoms with Gasteiger partial charge in [0.05, 0.1) is 5.56 Å². The largest absolute Gasteiger partial charge is 0.363 e. The number of nitriles is 1. The fraction of sp³-hybridized carbons (Fsp3) is 0.474. The molecule has 2 aromatic rings. The van der Waals surface area contributed by atoms with E-state index in [9.17, 15) is 5.26 Å². The molecular formula is C19H25N7. The topological polar surface area (TPSA) is 72.2 Å². The maximum absolute atomic E-state index is 9.43. The second kappa shape index (κ2) is 7.56. The van der Waals surface area contributed by atoms with Gasteiger partial charge in [-0.1, -0.05) is 0 Å². The normalized spacial score (nSPS) is 16.9. The molecule has 1 atom stereocenters. The molecule has 1 saturated heterocycles. The first-order chi connectivity index (χ1) is 12.5. The van der Waals surface area contributed by atoms with Crippen LogP contribution in [-0.2, 0) is 0 Å². The molecule has 0 bridgehead atoms. The monoisotopic (exact) mass is 351 g/mol. The van der Waals surface area contributed by atoms with Crippen molar-refractivity contribution in [3.05, 3.63) is 35.8 Å². The number of aromatic nitrogens is 3. The van der Waals surface area contributed by atoms with Crippen LogP contribution in [0.2, 0.25) is 0 Å². The third-order valence-electron chi connectivity index (χ3n) is 4.84. The Bertz CT molecular complexity index is 812. The molecule has 3 rings (SSSR count). The van der Waals surface area contributed by atoms with Gasteiger partial charge in [-0.15, -0.1) is 0 Å². The van der Waals surface area contributed by atoms with Gasteiger partial charge in [0, 0.05) is 52.0 Å². The lowest BCUT2D eigenvalue weighted by atomic mass is 10.0. The molecule has 0 amide bonds. The Kier molecular flexibility index (Phi) is 5.21. The fourth-order valence-electron chi connectivity index (χ4n) is 3.30. The highest BCUT2D eigenvalue weighted by Crippen LogP contribution is 2.26. The van der Waals surface area contributed by atoms with Crippen LogP contribution in [-0.4, -0.2) is 55.2 Å². The van der Waals surface area contributed by atoms with E-state index in [0.717, 1.165) is 49.1 Å². The Morgan fingerprint density at radius 2 is 1.96 bits per heavy atom. The van der Waals surface area contributed by atoms with Crippen molar-refractivity contribution in [2.24, 2.45) is 0 Å².